The van der Waals surface area contributed by atoms with Crippen LogP contribution in [-0.4, -0.2) is 26.5 Å². The second kappa shape index (κ2) is 3.87. The normalized spacial score (nSPS) is 11.1. The number of hydrogen-bond acceptors (Lipinski definition) is 4. The van der Waals surface area contributed by atoms with Crippen molar-refractivity contribution in [3.05, 3.63) is 23.8 Å². The predicted octanol–water partition coefficient (Wildman–Crippen LogP) is -0.601. The molecule has 1 rings (SSSR count). The van der Waals surface area contributed by atoms with Crippen LogP contribution in [0.15, 0.2) is 23.1 Å². The molecule has 1 aromatic carbocycles. The van der Waals surface area contributed by atoms with Crippen LogP contribution < -0.4 is 10.5 Å². The molecule has 0 radical (unpaired) electrons. The monoisotopic (exact) mass is 230 g/mol. The number of carbonyl (C=O) groups excluding carboxylic acids is 1. The largest absolute Gasteiger partial charge is 0.507 e. The molecule has 0 aliphatic heterocycles. The standard InChI is InChI=1S/C8H10N2O4S/c1-10-8(12)5-2-3-7(6(11)4-5)15(9,13)14/h2-4,11H,1H3,(H,10,12)(H2,9,13,14). The summed E-state index contributed by atoms with van der Waals surface area (Å²) in [5.41, 5.74) is 0.155. The summed E-state index contributed by atoms with van der Waals surface area (Å²) in [6, 6.07) is 3.38. The molecular weight excluding hydrogens is 220 g/mol. The summed E-state index contributed by atoms with van der Waals surface area (Å²) in [5.74, 6) is -0.968. The predicted molar refractivity (Wildman–Crippen MR) is 52.9 cm³/mol. The molecule has 0 saturated carbocycles. The van der Waals surface area contributed by atoms with Gasteiger partial charge in [0, 0.05) is 12.6 Å². The fourth-order valence-electron chi connectivity index (χ4n) is 1.04. The number of carbonyl (C=O) groups is 1. The van der Waals surface area contributed by atoms with Gasteiger partial charge in [0.25, 0.3) is 5.91 Å². The molecule has 0 fully saturated rings. The first kappa shape index (κ1) is 11.5. The number of phenols is 1. The lowest BCUT2D eigenvalue weighted by molar-refractivity contribution is 0.0962. The molecular formula is C8H10N2O4S. The maximum Gasteiger partial charge on any atom is 0.251 e. The van der Waals surface area contributed by atoms with Gasteiger partial charge in [0.05, 0.1) is 0 Å². The first-order valence-electron chi connectivity index (χ1n) is 3.94. The van der Waals surface area contributed by atoms with Crippen molar-refractivity contribution < 1.29 is 18.3 Å². The van der Waals surface area contributed by atoms with Crippen molar-refractivity contribution in [1.82, 2.24) is 5.32 Å². The van der Waals surface area contributed by atoms with Crippen LogP contribution in [0.3, 0.4) is 0 Å². The van der Waals surface area contributed by atoms with Gasteiger partial charge in [-0.2, -0.15) is 0 Å². The number of amides is 1. The second-order valence-corrected chi connectivity index (χ2v) is 4.34. The number of phenolic OH excluding ortho intramolecular Hbond substituents is 1. The number of rotatable bonds is 2. The molecule has 0 aromatic heterocycles. The molecule has 0 atom stereocenters. The fraction of sp³-hybridized carbons (Fsp3) is 0.125. The smallest absolute Gasteiger partial charge is 0.251 e. The summed E-state index contributed by atoms with van der Waals surface area (Å²) in [7, 11) is -2.54. The Bertz CT molecular complexity index is 495. The number of nitrogens with two attached hydrogens (primary N) is 1. The molecule has 0 saturated heterocycles. The highest BCUT2D eigenvalue weighted by molar-refractivity contribution is 7.89. The lowest BCUT2D eigenvalue weighted by Crippen LogP contribution is -2.18. The zero-order valence-electron chi connectivity index (χ0n) is 7.89. The van der Waals surface area contributed by atoms with E-state index in [1.165, 1.54) is 13.1 Å². The van der Waals surface area contributed by atoms with Crippen molar-refractivity contribution in [3.63, 3.8) is 0 Å². The van der Waals surface area contributed by atoms with Gasteiger partial charge >= 0.3 is 0 Å². The van der Waals surface area contributed by atoms with Gasteiger partial charge in [0.15, 0.2) is 0 Å². The number of nitrogens with one attached hydrogen (secondary N) is 1. The average molecular weight is 230 g/mol. The molecule has 1 amide bonds. The molecule has 4 N–H and O–H groups in total. The Balaban J connectivity index is 3.27. The number of hydrogen-bond donors (Lipinski definition) is 3. The Hall–Kier alpha value is -1.60. The van der Waals surface area contributed by atoms with Crippen molar-refractivity contribution in [1.29, 1.82) is 0 Å². The first-order chi connectivity index (χ1) is 6.86. The van der Waals surface area contributed by atoms with Crippen molar-refractivity contribution in [2.75, 3.05) is 7.05 Å². The minimum absolute atomic E-state index is 0.155. The van der Waals surface area contributed by atoms with Crippen LogP contribution in [0.5, 0.6) is 5.75 Å². The number of primary sulfonamides is 1. The van der Waals surface area contributed by atoms with Crippen LogP contribution in [0.4, 0.5) is 0 Å². The summed E-state index contributed by atoms with van der Waals surface area (Å²) in [6.45, 7) is 0. The van der Waals surface area contributed by atoms with Crippen LogP contribution in [0.25, 0.3) is 0 Å². The Morgan fingerprint density at radius 3 is 2.47 bits per heavy atom. The third-order valence-electron chi connectivity index (χ3n) is 1.75. The van der Waals surface area contributed by atoms with Crippen molar-refractivity contribution in [2.24, 2.45) is 5.14 Å². The average Bonchev–Trinajstić information content (AvgIpc) is 2.14. The van der Waals surface area contributed by atoms with Crippen LogP contribution >= 0.6 is 0 Å². The number of sulfonamides is 1. The van der Waals surface area contributed by atoms with Crippen molar-refractivity contribution >= 4 is 15.9 Å². The van der Waals surface area contributed by atoms with Crippen LogP contribution in [0.2, 0.25) is 0 Å². The number of benzene rings is 1. The van der Waals surface area contributed by atoms with Gasteiger partial charge in [-0.1, -0.05) is 0 Å². The van der Waals surface area contributed by atoms with E-state index in [1.54, 1.807) is 0 Å². The van der Waals surface area contributed by atoms with E-state index in [2.05, 4.69) is 5.32 Å². The quantitative estimate of drug-likeness (QED) is 0.630. The SMILES string of the molecule is CNC(=O)c1ccc(S(N)(=O)=O)c(O)c1. The summed E-state index contributed by atoms with van der Waals surface area (Å²) >= 11 is 0. The van der Waals surface area contributed by atoms with Crippen molar-refractivity contribution in [2.45, 2.75) is 4.90 Å². The molecule has 0 unspecified atom stereocenters. The molecule has 0 aliphatic rings. The zero-order chi connectivity index (χ0) is 11.6. The van der Waals surface area contributed by atoms with E-state index in [9.17, 15) is 18.3 Å². The van der Waals surface area contributed by atoms with E-state index in [-0.39, 0.29) is 5.56 Å². The van der Waals surface area contributed by atoms with Crippen LogP contribution in [0, 0.1) is 0 Å². The minimum Gasteiger partial charge on any atom is -0.507 e. The molecule has 82 valence electrons. The minimum atomic E-state index is -3.96. The Morgan fingerprint density at radius 2 is 2.07 bits per heavy atom. The highest BCUT2D eigenvalue weighted by Crippen LogP contribution is 2.22. The molecule has 0 heterocycles. The summed E-state index contributed by atoms with van der Waals surface area (Å²) in [4.78, 5) is 10.7. The molecule has 15 heavy (non-hydrogen) atoms. The Kier molecular flexibility index (Phi) is 2.96. The van der Waals surface area contributed by atoms with E-state index >= 15 is 0 Å². The molecule has 7 heteroatoms. The van der Waals surface area contributed by atoms with Gasteiger partial charge in [-0.3, -0.25) is 4.79 Å². The van der Waals surface area contributed by atoms with Gasteiger partial charge < -0.3 is 10.4 Å². The van der Waals surface area contributed by atoms with E-state index in [0.29, 0.717) is 0 Å². The van der Waals surface area contributed by atoms with Gasteiger partial charge in [0.1, 0.15) is 10.6 Å². The highest BCUT2D eigenvalue weighted by atomic mass is 32.2. The fourth-order valence-corrected chi connectivity index (χ4v) is 1.65. The van der Waals surface area contributed by atoms with Crippen LogP contribution in [-0.2, 0) is 10.0 Å². The topological polar surface area (TPSA) is 109 Å². The summed E-state index contributed by atoms with van der Waals surface area (Å²) < 4.78 is 21.8. The number of aromatic hydroxyl groups is 1. The lowest BCUT2D eigenvalue weighted by atomic mass is 10.2. The molecule has 0 spiro atoms. The van der Waals surface area contributed by atoms with Gasteiger partial charge in [-0.05, 0) is 18.2 Å². The van der Waals surface area contributed by atoms with E-state index < -0.39 is 26.6 Å². The van der Waals surface area contributed by atoms with E-state index in [4.69, 9.17) is 5.14 Å². The van der Waals surface area contributed by atoms with E-state index in [1.807, 2.05) is 0 Å². The maximum atomic E-state index is 11.1. The summed E-state index contributed by atoms with van der Waals surface area (Å²) in [6.07, 6.45) is 0. The third-order valence-corrected chi connectivity index (χ3v) is 2.71. The van der Waals surface area contributed by atoms with E-state index in [0.717, 1.165) is 12.1 Å². The molecule has 0 aliphatic carbocycles. The highest BCUT2D eigenvalue weighted by Gasteiger charge is 2.15. The lowest BCUT2D eigenvalue weighted by Gasteiger charge is -2.04. The Labute approximate surface area is 86.8 Å². The second-order valence-electron chi connectivity index (χ2n) is 2.81. The zero-order valence-corrected chi connectivity index (χ0v) is 8.71. The van der Waals surface area contributed by atoms with Gasteiger partial charge in [0.2, 0.25) is 10.0 Å². The molecule has 6 nitrogen and oxygen atoms in total. The van der Waals surface area contributed by atoms with Gasteiger partial charge in [-0.25, -0.2) is 13.6 Å². The third kappa shape index (κ3) is 2.45. The molecule has 0 bridgehead atoms. The Morgan fingerprint density at radius 1 is 1.47 bits per heavy atom. The summed E-state index contributed by atoms with van der Waals surface area (Å²) in [5, 5.41) is 16.5. The van der Waals surface area contributed by atoms with Crippen LogP contribution in [0.1, 0.15) is 10.4 Å². The first-order valence-corrected chi connectivity index (χ1v) is 5.49. The maximum absolute atomic E-state index is 11.1. The molecule has 1 aromatic rings. The van der Waals surface area contributed by atoms with Crippen molar-refractivity contribution in [3.8, 4) is 5.75 Å². The van der Waals surface area contributed by atoms with Gasteiger partial charge in [-0.15, -0.1) is 0 Å².